The van der Waals surface area contributed by atoms with Crippen LogP contribution in [0.1, 0.15) is 25.0 Å². The van der Waals surface area contributed by atoms with Crippen molar-refractivity contribution in [3.05, 3.63) is 199 Å². The maximum atomic E-state index is 6.47. The maximum absolute atomic E-state index is 6.47. The van der Waals surface area contributed by atoms with Gasteiger partial charge in [0.25, 0.3) is 0 Å². The average Bonchev–Trinajstić information content (AvgIpc) is 3.73. The normalized spacial score (nSPS) is 13.1. The van der Waals surface area contributed by atoms with Crippen LogP contribution in [0.4, 0.5) is 17.1 Å². The van der Waals surface area contributed by atoms with Crippen molar-refractivity contribution < 1.29 is 4.42 Å². The van der Waals surface area contributed by atoms with Crippen LogP contribution in [0.15, 0.2) is 192 Å². The number of fused-ring (bicyclic) bond motifs is 9. The summed E-state index contributed by atoms with van der Waals surface area (Å²) >= 11 is 0. The van der Waals surface area contributed by atoms with Gasteiger partial charge in [-0.3, -0.25) is 0 Å². The summed E-state index contributed by atoms with van der Waals surface area (Å²) in [5, 5.41) is 7.24. The number of furan rings is 1. The first-order valence-electron chi connectivity index (χ1n) is 19.1. The lowest BCUT2D eigenvalue weighted by atomic mass is 9.79. The average molecular weight is 704 g/mol. The van der Waals surface area contributed by atoms with E-state index in [0.29, 0.717) is 0 Å². The number of hydrogen-bond acceptors (Lipinski definition) is 2. The molecule has 0 atom stereocenters. The first-order valence-corrected chi connectivity index (χ1v) is 19.1. The Balaban J connectivity index is 1.17. The Kier molecular flexibility index (Phi) is 6.93. The Morgan fingerprint density at radius 3 is 1.96 bits per heavy atom. The van der Waals surface area contributed by atoms with Crippen molar-refractivity contribution in [2.24, 2.45) is 0 Å². The number of benzene rings is 9. The van der Waals surface area contributed by atoms with Crippen LogP contribution in [0.3, 0.4) is 0 Å². The van der Waals surface area contributed by atoms with Gasteiger partial charge >= 0.3 is 0 Å². The monoisotopic (exact) mass is 703 g/mol. The minimum atomic E-state index is -0.132. The third-order valence-corrected chi connectivity index (χ3v) is 11.8. The van der Waals surface area contributed by atoms with E-state index in [4.69, 9.17) is 4.42 Å². The second kappa shape index (κ2) is 12.1. The van der Waals surface area contributed by atoms with Gasteiger partial charge in [0.2, 0.25) is 0 Å². The van der Waals surface area contributed by atoms with E-state index in [0.717, 1.165) is 39.0 Å². The van der Waals surface area contributed by atoms with Crippen molar-refractivity contribution in [2.75, 3.05) is 4.90 Å². The van der Waals surface area contributed by atoms with Crippen molar-refractivity contribution in [2.45, 2.75) is 19.3 Å². The van der Waals surface area contributed by atoms with Crippen LogP contribution in [-0.4, -0.2) is 0 Å². The fourth-order valence-corrected chi connectivity index (χ4v) is 9.32. The van der Waals surface area contributed by atoms with Gasteiger partial charge in [-0.1, -0.05) is 153 Å². The summed E-state index contributed by atoms with van der Waals surface area (Å²) in [6, 6.07) is 68.3. The highest BCUT2D eigenvalue weighted by Crippen LogP contribution is 2.56. The van der Waals surface area contributed by atoms with Crippen LogP contribution in [0.5, 0.6) is 0 Å². The summed E-state index contributed by atoms with van der Waals surface area (Å²) in [5.41, 5.74) is 15.2. The number of nitrogens with zero attached hydrogens (tertiary/aromatic N) is 1. The first kappa shape index (κ1) is 31.6. The molecule has 1 aromatic heterocycles. The number of rotatable bonds is 5. The Labute approximate surface area is 320 Å². The second-order valence-corrected chi connectivity index (χ2v) is 15.3. The Bertz CT molecular complexity index is 3130. The van der Waals surface area contributed by atoms with E-state index in [9.17, 15) is 0 Å². The lowest BCUT2D eigenvalue weighted by Crippen LogP contribution is -2.15. The molecular weight excluding hydrogens is 667 g/mol. The summed E-state index contributed by atoms with van der Waals surface area (Å²) in [6.07, 6.45) is 0. The maximum Gasteiger partial charge on any atom is 0.137 e. The molecule has 0 saturated heterocycles. The molecule has 1 aliphatic rings. The molecule has 2 nitrogen and oxygen atoms in total. The fraction of sp³-hybridized carbons (Fsp3) is 0.0566. The van der Waals surface area contributed by atoms with E-state index in [2.05, 4.69) is 195 Å². The molecule has 0 N–H and O–H groups in total. The second-order valence-electron chi connectivity index (χ2n) is 15.3. The molecule has 11 rings (SSSR count). The molecule has 2 heteroatoms. The highest BCUT2D eigenvalue weighted by atomic mass is 16.3. The number of para-hydroxylation sites is 1. The third kappa shape index (κ3) is 4.81. The summed E-state index contributed by atoms with van der Waals surface area (Å²) in [4.78, 5) is 2.40. The van der Waals surface area contributed by atoms with Crippen LogP contribution >= 0.6 is 0 Å². The number of anilines is 3. The molecule has 0 bridgehead atoms. The van der Waals surface area contributed by atoms with E-state index in [1.807, 2.05) is 12.1 Å². The van der Waals surface area contributed by atoms with Crippen molar-refractivity contribution in [3.63, 3.8) is 0 Å². The molecule has 1 heterocycles. The third-order valence-electron chi connectivity index (χ3n) is 11.8. The SMILES string of the molecule is CC1(C)c2ccccc2-c2c(-c3ccc(N(c4cccc(-c5ccccc5)c4)c4ccc5c(c4)oc4ccccc45)c4ccccc34)cc3ccccc3c21. The standard InChI is InChI=1S/C53H37NO/c1-53(2)47-25-12-10-24-45(47)51-46(32-36-17-6-7-20-39(36)52(51)53)41-29-30-48(42-22-9-8-21-40(41)42)54(37-19-14-18-35(31-37)34-15-4-3-5-16-34)38-27-28-44-43-23-11-13-26-49(43)55-50(44)33-38/h3-33H,1-2H3. The highest BCUT2D eigenvalue weighted by Gasteiger charge is 2.38. The molecule has 9 aromatic carbocycles. The van der Waals surface area contributed by atoms with Gasteiger partial charge in [-0.2, -0.15) is 0 Å². The van der Waals surface area contributed by atoms with E-state index in [-0.39, 0.29) is 5.41 Å². The van der Waals surface area contributed by atoms with E-state index >= 15 is 0 Å². The van der Waals surface area contributed by atoms with Crippen molar-refractivity contribution in [3.8, 4) is 33.4 Å². The predicted octanol–water partition coefficient (Wildman–Crippen LogP) is 15.0. The summed E-state index contributed by atoms with van der Waals surface area (Å²) in [6.45, 7) is 4.77. The zero-order valence-electron chi connectivity index (χ0n) is 30.8. The molecular formula is C53H37NO. The minimum absolute atomic E-state index is 0.132. The lowest BCUT2D eigenvalue weighted by molar-refractivity contribution is 0.666. The topological polar surface area (TPSA) is 16.4 Å². The van der Waals surface area contributed by atoms with Crippen LogP contribution < -0.4 is 4.90 Å². The molecule has 0 radical (unpaired) electrons. The molecule has 10 aromatic rings. The molecule has 0 unspecified atom stereocenters. The molecule has 0 amide bonds. The molecule has 0 saturated carbocycles. The van der Waals surface area contributed by atoms with Gasteiger partial charge in [0.1, 0.15) is 11.2 Å². The van der Waals surface area contributed by atoms with Gasteiger partial charge in [0, 0.05) is 39.0 Å². The van der Waals surface area contributed by atoms with E-state index in [1.54, 1.807) is 0 Å². The zero-order chi connectivity index (χ0) is 36.7. The molecule has 55 heavy (non-hydrogen) atoms. The molecule has 0 aliphatic heterocycles. The summed E-state index contributed by atoms with van der Waals surface area (Å²) in [5.74, 6) is 0. The Morgan fingerprint density at radius 2 is 1.09 bits per heavy atom. The largest absolute Gasteiger partial charge is 0.456 e. The van der Waals surface area contributed by atoms with Crippen molar-refractivity contribution in [1.29, 1.82) is 0 Å². The Morgan fingerprint density at radius 1 is 0.418 bits per heavy atom. The molecule has 0 spiro atoms. The zero-order valence-corrected chi connectivity index (χ0v) is 30.8. The fourth-order valence-electron chi connectivity index (χ4n) is 9.32. The van der Waals surface area contributed by atoms with Crippen molar-refractivity contribution >= 4 is 60.5 Å². The van der Waals surface area contributed by atoms with Crippen LogP contribution in [0.2, 0.25) is 0 Å². The molecule has 0 fully saturated rings. The van der Waals surface area contributed by atoms with Gasteiger partial charge in [-0.15, -0.1) is 0 Å². The smallest absolute Gasteiger partial charge is 0.137 e. The Hall–Kier alpha value is -6.90. The molecule has 260 valence electrons. The lowest BCUT2D eigenvalue weighted by Gasteiger charge is -2.28. The van der Waals surface area contributed by atoms with Gasteiger partial charge in [0.05, 0.1) is 5.69 Å². The van der Waals surface area contributed by atoms with Gasteiger partial charge < -0.3 is 9.32 Å². The predicted molar refractivity (Wildman–Crippen MR) is 232 cm³/mol. The first-order chi connectivity index (χ1) is 27.0. The molecule has 1 aliphatic carbocycles. The van der Waals surface area contributed by atoms with Crippen LogP contribution in [-0.2, 0) is 5.41 Å². The van der Waals surface area contributed by atoms with Gasteiger partial charge in [-0.05, 0) is 103 Å². The van der Waals surface area contributed by atoms with Crippen LogP contribution in [0.25, 0.3) is 76.9 Å². The van der Waals surface area contributed by atoms with Crippen LogP contribution in [0, 0.1) is 0 Å². The highest BCUT2D eigenvalue weighted by molar-refractivity contribution is 6.13. The van der Waals surface area contributed by atoms with Gasteiger partial charge in [-0.25, -0.2) is 0 Å². The summed E-state index contributed by atoms with van der Waals surface area (Å²) < 4.78 is 6.47. The number of hydrogen-bond donors (Lipinski definition) is 0. The van der Waals surface area contributed by atoms with Gasteiger partial charge in [0.15, 0.2) is 0 Å². The minimum Gasteiger partial charge on any atom is -0.456 e. The van der Waals surface area contributed by atoms with Crippen molar-refractivity contribution in [1.82, 2.24) is 0 Å². The van der Waals surface area contributed by atoms with E-state index < -0.39 is 0 Å². The van der Waals surface area contributed by atoms with E-state index in [1.165, 1.54) is 66.1 Å². The quantitative estimate of drug-likeness (QED) is 0.177. The summed E-state index contributed by atoms with van der Waals surface area (Å²) in [7, 11) is 0.